The Morgan fingerprint density at radius 2 is 1.62 bits per heavy atom. The lowest BCUT2D eigenvalue weighted by Gasteiger charge is -2.32. The Labute approximate surface area is 109 Å². The van der Waals surface area contributed by atoms with Crippen molar-refractivity contribution in [3.63, 3.8) is 0 Å². The zero-order valence-corrected chi connectivity index (χ0v) is 11.4. The molecule has 2 heterocycles. The van der Waals surface area contributed by atoms with E-state index in [2.05, 4.69) is 35.2 Å². The summed E-state index contributed by atoms with van der Waals surface area (Å²) < 4.78 is 0. The molecule has 0 amide bonds. The standard InChI is InChI=1S/C14H19N.BrH/c1-2-6-13(7-3-1)12-14-8-4-10-15(14)11-5-9-14;/h1-3,6-7H,4-5,8-12H2;1H. The van der Waals surface area contributed by atoms with Crippen molar-refractivity contribution in [2.45, 2.75) is 37.6 Å². The molecular weight excluding hydrogens is 262 g/mol. The van der Waals surface area contributed by atoms with Crippen LogP contribution in [0.3, 0.4) is 0 Å². The summed E-state index contributed by atoms with van der Waals surface area (Å²) in [6.45, 7) is 2.68. The van der Waals surface area contributed by atoms with E-state index in [1.807, 2.05) is 0 Å². The summed E-state index contributed by atoms with van der Waals surface area (Å²) in [4.78, 5) is 2.74. The summed E-state index contributed by atoms with van der Waals surface area (Å²) in [6, 6.07) is 11.0. The Bertz CT molecular complexity index is 326. The lowest BCUT2D eigenvalue weighted by Crippen LogP contribution is -2.40. The Morgan fingerprint density at radius 3 is 2.25 bits per heavy atom. The topological polar surface area (TPSA) is 3.24 Å². The molecule has 2 heteroatoms. The average molecular weight is 282 g/mol. The average Bonchev–Trinajstić information content (AvgIpc) is 2.78. The van der Waals surface area contributed by atoms with E-state index in [1.165, 1.54) is 50.8 Å². The predicted molar refractivity (Wildman–Crippen MR) is 73.2 cm³/mol. The number of hydrogen-bond acceptors (Lipinski definition) is 1. The molecule has 0 radical (unpaired) electrons. The predicted octanol–water partition coefficient (Wildman–Crippen LogP) is 3.44. The second-order valence-electron chi connectivity index (χ2n) is 5.08. The molecule has 88 valence electrons. The van der Waals surface area contributed by atoms with Gasteiger partial charge in [-0.2, -0.15) is 0 Å². The summed E-state index contributed by atoms with van der Waals surface area (Å²) in [5.74, 6) is 0. The van der Waals surface area contributed by atoms with Gasteiger partial charge >= 0.3 is 0 Å². The van der Waals surface area contributed by atoms with Crippen LogP contribution in [0.5, 0.6) is 0 Å². The molecule has 2 aliphatic rings. The number of rotatable bonds is 2. The van der Waals surface area contributed by atoms with Crippen LogP contribution in [0, 0.1) is 0 Å². The van der Waals surface area contributed by atoms with Crippen molar-refractivity contribution in [3.05, 3.63) is 35.9 Å². The Kier molecular flexibility index (Phi) is 3.70. The first-order valence-corrected chi connectivity index (χ1v) is 6.18. The molecule has 0 aromatic heterocycles. The van der Waals surface area contributed by atoms with Gasteiger partial charge in [0.25, 0.3) is 0 Å². The fourth-order valence-corrected chi connectivity index (χ4v) is 3.49. The van der Waals surface area contributed by atoms with Gasteiger partial charge in [-0.3, -0.25) is 4.90 Å². The van der Waals surface area contributed by atoms with Gasteiger partial charge in [-0.15, -0.1) is 17.0 Å². The van der Waals surface area contributed by atoms with E-state index in [-0.39, 0.29) is 17.0 Å². The van der Waals surface area contributed by atoms with Crippen molar-refractivity contribution in [3.8, 4) is 0 Å². The largest absolute Gasteiger partial charge is 0.297 e. The van der Waals surface area contributed by atoms with Gasteiger partial charge in [-0.1, -0.05) is 30.3 Å². The first kappa shape index (κ1) is 12.1. The third kappa shape index (κ3) is 2.05. The molecule has 2 fully saturated rings. The molecule has 0 bridgehead atoms. The Hall–Kier alpha value is -0.340. The highest BCUT2D eigenvalue weighted by molar-refractivity contribution is 8.93. The zero-order chi connectivity index (χ0) is 10.1. The van der Waals surface area contributed by atoms with Crippen LogP contribution < -0.4 is 0 Å². The lowest BCUT2D eigenvalue weighted by atomic mass is 9.87. The molecule has 0 unspecified atom stereocenters. The molecule has 3 rings (SSSR count). The van der Waals surface area contributed by atoms with Crippen LogP contribution in [0.25, 0.3) is 0 Å². The SMILES string of the molecule is Br.c1ccc(CC23CCCN2CCC3)cc1. The van der Waals surface area contributed by atoms with Crippen molar-refractivity contribution < 1.29 is 0 Å². The fraction of sp³-hybridized carbons (Fsp3) is 0.571. The number of benzene rings is 1. The molecule has 1 nitrogen and oxygen atoms in total. The fourth-order valence-electron chi connectivity index (χ4n) is 3.49. The molecule has 0 aliphatic carbocycles. The molecule has 0 N–H and O–H groups in total. The van der Waals surface area contributed by atoms with Gasteiger partial charge in [0.2, 0.25) is 0 Å². The van der Waals surface area contributed by atoms with Gasteiger partial charge in [0.15, 0.2) is 0 Å². The summed E-state index contributed by atoms with van der Waals surface area (Å²) in [6.07, 6.45) is 6.93. The molecule has 2 saturated heterocycles. The second kappa shape index (κ2) is 4.89. The molecule has 2 aliphatic heterocycles. The van der Waals surface area contributed by atoms with Crippen LogP contribution in [0.4, 0.5) is 0 Å². The van der Waals surface area contributed by atoms with E-state index in [0.29, 0.717) is 5.54 Å². The normalized spacial score (nSPS) is 22.8. The molecular formula is C14H20BrN. The van der Waals surface area contributed by atoms with Crippen LogP contribution in [0.1, 0.15) is 31.2 Å². The van der Waals surface area contributed by atoms with Crippen molar-refractivity contribution in [1.29, 1.82) is 0 Å². The monoisotopic (exact) mass is 281 g/mol. The van der Waals surface area contributed by atoms with Crippen molar-refractivity contribution in [2.75, 3.05) is 13.1 Å². The first-order valence-electron chi connectivity index (χ1n) is 6.18. The maximum atomic E-state index is 2.74. The van der Waals surface area contributed by atoms with Gasteiger partial charge in [0, 0.05) is 5.54 Å². The molecule has 0 spiro atoms. The van der Waals surface area contributed by atoms with E-state index >= 15 is 0 Å². The highest BCUT2D eigenvalue weighted by atomic mass is 79.9. The third-order valence-corrected chi connectivity index (χ3v) is 4.19. The minimum atomic E-state index is 0. The van der Waals surface area contributed by atoms with E-state index in [1.54, 1.807) is 0 Å². The van der Waals surface area contributed by atoms with Crippen LogP contribution in [0.15, 0.2) is 30.3 Å². The second-order valence-corrected chi connectivity index (χ2v) is 5.08. The minimum absolute atomic E-state index is 0. The van der Waals surface area contributed by atoms with Gasteiger partial charge in [-0.05, 0) is 50.8 Å². The van der Waals surface area contributed by atoms with Crippen molar-refractivity contribution in [1.82, 2.24) is 4.90 Å². The summed E-state index contributed by atoms with van der Waals surface area (Å²) in [5, 5.41) is 0. The summed E-state index contributed by atoms with van der Waals surface area (Å²) >= 11 is 0. The van der Waals surface area contributed by atoms with Crippen LogP contribution in [-0.2, 0) is 6.42 Å². The molecule has 1 aromatic carbocycles. The Morgan fingerprint density at radius 1 is 1.00 bits per heavy atom. The Balaban J connectivity index is 0.000000963. The van der Waals surface area contributed by atoms with E-state index in [9.17, 15) is 0 Å². The quantitative estimate of drug-likeness (QED) is 0.803. The highest BCUT2D eigenvalue weighted by Crippen LogP contribution is 2.41. The number of fused-ring (bicyclic) bond motifs is 1. The number of hydrogen-bond donors (Lipinski definition) is 0. The summed E-state index contributed by atoms with van der Waals surface area (Å²) in [7, 11) is 0. The van der Waals surface area contributed by atoms with Crippen molar-refractivity contribution in [2.24, 2.45) is 0 Å². The van der Waals surface area contributed by atoms with Crippen LogP contribution in [-0.4, -0.2) is 23.5 Å². The minimum Gasteiger partial charge on any atom is -0.297 e. The van der Waals surface area contributed by atoms with E-state index in [0.717, 1.165) is 0 Å². The van der Waals surface area contributed by atoms with Crippen molar-refractivity contribution >= 4 is 17.0 Å². The van der Waals surface area contributed by atoms with E-state index < -0.39 is 0 Å². The maximum Gasteiger partial charge on any atom is 0.0250 e. The van der Waals surface area contributed by atoms with Gasteiger partial charge in [0.1, 0.15) is 0 Å². The smallest absolute Gasteiger partial charge is 0.0250 e. The van der Waals surface area contributed by atoms with Crippen LogP contribution >= 0.6 is 17.0 Å². The maximum absolute atomic E-state index is 2.74. The molecule has 1 aromatic rings. The van der Waals surface area contributed by atoms with Gasteiger partial charge < -0.3 is 0 Å². The third-order valence-electron chi connectivity index (χ3n) is 4.19. The van der Waals surface area contributed by atoms with Gasteiger partial charge in [-0.25, -0.2) is 0 Å². The van der Waals surface area contributed by atoms with E-state index in [4.69, 9.17) is 0 Å². The number of halogens is 1. The zero-order valence-electron chi connectivity index (χ0n) is 9.69. The lowest BCUT2D eigenvalue weighted by molar-refractivity contribution is 0.195. The molecule has 0 atom stereocenters. The molecule has 0 saturated carbocycles. The number of nitrogens with zero attached hydrogens (tertiary/aromatic N) is 1. The highest BCUT2D eigenvalue weighted by Gasteiger charge is 2.43. The van der Waals surface area contributed by atoms with Gasteiger partial charge in [0.05, 0.1) is 0 Å². The van der Waals surface area contributed by atoms with Crippen LogP contribution in [0.2, 0.25) is 0 Å². The first-order chi connectivity index (χ1) is 7.39. The molecule has 16 heavy (non-hydrogen) atoms. The summed E-state index contributed by atoms with van der Waals surface area (Å²) in [5.41, 5.74) is 2.06.